The first-order chi connectivity index (χ1) is 6.36. The molecule has 0 saturated carbocycles. The minimum absolute atomic E-state index is 0.482. The van der Waals surface area contributed by atoms with E-state index in [4.69, 9.17) is 5.73 Å². The Morgan fingerprint density at radius 1 is 1.23 bits per heavy atom. The summed E-state index contributed by atoms with van der Waals surface area (Å²) in [7, 11) is 0. The maximum absolute atomic E-state index is 5.46. The maximum Gasteiger partial charge on any atom is 0.151 e. The SMILES string of the molecule is Nc1ccc(N2CCSCC2)nn1. The van der Waals surface area contributed by atoms with Crippen LogP contribution < -0.4 is 10.6 Å². The van der Waals surface area contributed by atoms with Crippen LogP contribution in [0.25, 0.3) is 0 Å². The van der Waals surface area contributed by atoms with Crippen molar-refractivity contribution in [2.75, 3.05) is 35.2 Å². The number of nitrogen functional groups attached to an aromatic ring is 1. The van der Waals surface area contributed by atoms with Crippen LogP contribution in [0.2, 0.25) is 0 Å². The molecule has 0 aliphatic carbocycles. The van der Waals surface area contributed by atoms with E-state index in [0.717, 1.165) is 18.9 Å². The zero-order valence-corrected chi connectivity index (χ0v) is 8.13. The summed E-state index contributed by atoms with van der Waals surface area (Å²) in [5.74, 6) is 3.77. The Morgan fingerprint density at radius 3 is 2.62 bits per heavy atom. The topological polar surface area (TPSA) is 55.0 Å². The first-order valence-corrected chi connectivity index (χ1v) is 5.43. The Kier molecular flexibility index (Phi) is 2.54. The van der Waals surface area contributed by atoms with Gasteiger partial charge in [0, 0.05) is 24.6 Å². The number of hydrogen-bond donors (Lipinski definition) is 1. The van der Waals surface area contributed by atoms with Gasteiger partial charge in [-0.15, -0.1) is 10.2 Å². The van der Waals surface area contributed by atoms with Crippen LogP contribution in [0.4, 0.5) is 11.6 Å². The molecule has 2 heterocycles. The molecular weight excluding hydrogens is 184 g/mol. The standard InChI is InChI=1S/C8H12N4S/c9-7-1-2-8(11-10-7)12-3-5-13-6-4-12/h1-2H,3-6H2,(H2,9,10). The van der Waals surface area contributed by atoms with E-state index in [1.165, 1.54) is 11.5 Å². The zero-order valence-electron chi connectivity index (χ0n) is 7.31. The van der Waals surface area contributed by atoms with Gasteiger partial charge in [0.1, 0.15) is 5.82 Å². The van der Waals surface area contributed by atoms with Crippen molar-refractivity contribution in [3.8, 4) is 0 Å². The number of thioether (sulfide) groups is 1. The fourth-order valence-corrected chi connectivity index (χ4v) is 2.20. The molecule has 2 N–H and O–H groups in total. The Labute approximate surface area is 81.5 Å². The molecule has 70 valence electrons. The second-order valence-corrected chi connectivity index (χ2v) is 4.14. The molecule has 0 spiro atoms. The smallest absolute Gasteiger partial charge is 0.151 e. The third kappa shape index (κ3) is 2.03. The Morgan fingerprint density at radius 2 is 2.00 bits per heavy atom. The highest BCUT2D eigenvalue weighted by Gasteiger charge is 2.11. The third-order valence-corrected chi connectivity index (χ3v) is 2.95. The molecule has 1 saturated heterocycles. The van der Waals surface area contributed by atoms with E-state index in [1.54, 1.807) is 6.07 Å². The van der Waals surface area contributed by atoms with Crippen molar-refractivity contribution in [2.24, 2.45) is 0 Å². The lowest BCUT2D eigenvalue weighted by Gasteiger charge is -2.26. The number of hydrogen-bond acceptors (Lipinski definition) is 5. The molecule has 0 unspecified atom stereocenters. The monoisotopic (exact) mass is 196 g/mol. The summed E-state index contributed by atoms with van der Waals surface area (Å²) in [6.07, 6.45) is 0. The van der Waals surface area contributed by atoms with Gasteiger partial charge in [0.05, 0.1) is 0 Å². The molecule has 5 heteroatoms. The van der Waals surface area contributed by atoms with Crippen LogP contribution in [0.15, 0.2) is 12.1 Å². The minimum atomic E-state index is 0.482. The number of anilines is 2. The van der Waals surface area contributed by atoms with Crippen molar-refractivity contribution in [3.05, 3.63) is 12.1 Å². The number of nitrogens with two attached hydrogens (primary N) is 1. The molecule has 1 aliphatic rings. The van der Waals surface area contributed by atoms with Crippen LogP contribution in [0, 0.1) is 0 Å². The van der Waals surface area contributed by atoms with E-state index in [1.807, 2.05) is 17.8 Å². The molecule has 2 rings (SSSR count). The lowest BCUT2D eigenvalue weighted by Crippen LogP contribution is -2.33. The first kappa shape index (κ1) is 8.62. The first-order valence-electron chi connectivity index (χ1n) is 4.28. The lowest BCUT2D eigenvalue weighted by atomic mass is 10.4. The fourth-order valence-electron chi connectivity index (χ4n) is 1.30. The van der Waals surface area contributed by atoms with Gasteiger partial charge in [0.2, 0.25) is 0 Å². The van der Waals surface area contributed by atoms with Crippen LogP contribution in [-0.4, -0.2) is 34.8 Å². The van der Waals surface area contributed by atoms with Gasteiger partial charge in [-0.2, -0.15) is 11.8 Å². The van der Waals surface area contributed by atoms with Crippen molar-refractivity contribution >= 4 is 23.4 Å². The predicted octanol–water partition coefficient (Wildman–Crippen LogP) is 0.612. The lowest BCUT2D eigenvalue weighted by molar-refractivity contribution is 0.820. The number of rotatable bonds is 1. The molecule has 0 atom stereocenters. The highest BCUT2D eigenvalue weighted by Crippen LogP contribution is 2.16. The van der Waals surface area contributed by atoms with Crippen LogP contribution >= 0.6 is 11.8 Å². The van der Waals surface area contributed by atoms with Crippen LogP contribution in [0.5, 0.6) is 0 Å². The molecular formula is C8H12N4S. The van der Waals surface area contributed by atoms with Crippen molar-refractivity contribution in [1.29, 1.82) is 0 Å². The second-order valence-electron chi connectivity index (χ2n) is 2.92. The molecule has 0 amide bonds. The van der Waals surface area contributed by atoms with E-state index >= 15 is 0 Å². The number of nitrogens with zero attached hydrogens (tertiary/aromatic N) is 3. The van der Waals surface area contributed by atoms with Gasteiger partial charge in [-0.05, 0) is 12.1 Å². The Balaban J connectivity index is 2.10. The summed E-state index contributed by atoms with van der Waals surface area (Å²) in [5, 5.41) is 7.88. The van der Waals surface area contributed by atoms with E-state index in [9.17, 15) is 0 Å². The second kappa shape index (κ2) is 3.83. The Hall–Kier alpha value is -0.970. The van der Waals surface area contributed by atoms with E-state index < -0.39 is 0 Å². The van der Waals surface area contributed by atoms with Crippen molar-refractivity contribution < 1.29 is 0 Å². The van der Waals surface area contributed by atoms with E-state index in [0.29, 0.717) is 5.82 Å². The van der Waals surface area contributed by atoms with Crippen molar-refractivity contribution in [2.45, 2.75) is 0 Å². The van der Waals surface area contributed by atoms with Gasteiger partial charge in [0.15, 0.2) is 5.82 Å². The fraction of sp³-hybridized carbons (Fsp3) is 0.500. The normalized spacial score (nSPS) is 17.4. The average Bonchev–Trinajstić information content (AvgIpc) is 2.20. The minimum Gasteiger partial charge on any atom is -0.382 e. The van der Waals surface area contributed by atoms with Gasteiger partial charge >= 0.3 is 0 Å². The van der Waals surface area contributed by atoms with Crippen molar-refractivity contribution in [1.82, 2.24) is 10.2 Å². The molecule has 1 aromatic rings. The van der Waals surface area contributed by atoms with Crippen LogP contribution in [0.1, 0.15) is 0 Å². The molecule has 1 aliphatic heterocycles. The summed E-state index contributed by atoms with van der Waals surface area (Å²) in [6, 6.07) is 3.72. The van der Waals surface area contributed by atoms with Crippen LogP contribution in [-0.2, 0) is 0 Å². The summed E-state index contributed by atoms with van der Waals surface area (Å²) in [4.78, 5) is 2.24. The summed E-state index contributed by atoms with van der Waals surface area (Å²) >= 11 is 1.98. The number of aromatic nitrogens is 2. The van der Waals surface area contributed by atoms with Gasteiger partial charge in [0.25, 0.3) is 0 Å². The molecule has 4 nitrogen and oxygen atoms in total. The highest BCUT2D eigenvalue weighted by molar-refractivity contribution is 7.99. The molecule has 13 heavy (non-hydrogen) atoms. The predicted molar refractivity (Wildman–Crippen MR) is 56.0 cm³/mol. The zero-order chi connectivity index (χ0) is 9.10. The molecule has 0 aromatic carbocycles. The molecule has 1 fully saturated rings. The summed E-state index contributed by atoms with van der Waals surface area (Å²) < 4.78 is 0. The van der Waals surface area contributed by atoms with Gasteiger partial charge in [-0.1, -0.05) is 0 Å². The summed E-state index contributed by atoms with van der Waals surface area (Å²) in [6.45, 7) is 2.12. The maximum atomic E-state index is 5.46. The van der Waals surface area contributed by atoms with Gasteiger partial charge < -0.3 is 10.6 Å². The third-order valence-electron chi connectivity index (χ3n) is 2.01. The summed E-state index contributed by atoms with van der Waals surface area (Å²) in [5.41, 5.74) is 5.46. The van der Waals surface area contributed by atoms with E-state index in [2.05, 4.69) is 15.1 Å². The molecule has 0 radical (unpaired) electrons. The quantitative estimate of drug-likeness (QED) is 0.713. The average molecular weight is 196 g/mol. The highest BCUT2D eigenvalue weighted by atomic mass is 32.2. The van der Waals surface area contributed by atoms with Gasteiger partial charge in [-0.3, -0.25) is 0 Å². The van der Waals surface area contributed by atoms with Gasteiger partial charge in [-0.25, -0.2) is 0 Å². The molecule has 1 aromatic heterocycles. The van der Waals surface area contributed by atoms with E-state index in [-0.39, 0.29) is 0 Å². The Bertz CT molecular complexity index is 268. The molecule has 0 bridgehead atoms. The largest absolute Gasteiger partial charge is 0.382 e. The van der Waals surface area contributed by atoms with Crippen LogP contribution in [0.3, 0.4) is 0 Å². The van der Waals surface area contributed by atoms with Crippen molar-refractivity contribution in [3.63, 3.8) is 0 Å².